The molecule has 1 fully saturated rings. The first-order valence-corrected chi connectivity index (χ1v) is 10.9. The summed E-state index contributed by atoms with van der Waals surface area (Å²) in [6.07, 6.45) is 6.24. The van der Waals surface area contributed by atoms with Gasteiger partial charge < -0.3 is 9.42 Å². The van der Waals surface area contributed by atoms with Crippen LogP contribution in [0.4, 0.5) is 4.39 Å². The van der Waals surface area contributed by atoms with Crippen molar-refractivity contribution in [1.29, 1.82) is 0 Å². The summed E-state index contributed by atoms with van der Waals surface area (Å²) in [5.74, 6) is 2.44. The molecular formula is C25H30FN3O. The number of halogens is 1. The van der Waals surface area contributed by atoms with Crippen LogP contribution in [-0.2, 0) is 12.8 Å². The highest BCUT2D eigenvalue weighted by Crippen LogP contribution is 2.40. The molecule has 0 saturated heterocycles. The van der Waals surface area contributed by atoms with Crippen LogP contribution in [0.5, 0.6) is 0 Å². The predicted octanol–water partition coefficient (Wildman–Crippen LogP) is 5.45. The molecule has 0 bridgehead atoms. The quantitative estimate of drug-likeness (QED) is 0.522. The maximum atomic E-state index is 13.1. The summed E-state index contributed by atoms with van der Waals surface area (Å²) < 4.78 is 18.6. The van der Waals surface area contributed by atoms with E-state index < -0.39 is 0 Å². The summed E-state index contributed by atoms with van der Waals surface area (Å²) >= 11 is 0. The lowest BCUT2D eigenvalue weighted by Gasteiger charge is -2.37. The van der Waals surface area contributed by atoms with E-state index >= 15 is 0 Å². The SMILES string of the molecule is CN(C)C(c1ccccc1)C1CCC(Cc2nc(Cc3ccc(F)cc3)no2)CC1. The lowest BCUT2D eigenvalue weighted by molar-refractivity contribution is 0.146. The third kappa shape index (κ3) is 5.14. The highest BCUT2D eigenvalue weighted by Gasteiger charge is 2.30. The van der Waals surface area contributed by atoms with E-state index in [0.717, 1.165) is 17.9 Å². The smallest absolute Gasteiger partial charge is 0.226 e. The first-order chi connectivity index (χ1) is 14.6. The third-order valence-electron chi connectivity index (χ3n) is 6.28. The minimum atomic E-state index is -0.230. The minimum absolute atomic E-state index is 0.230. The van der Waals surface area contributed by atoms with Gasteiger partial charge in [0.1, 0.15) is 5.82 Å². The zero-order valence-corrected chi connectivity index (χ0v) is 17.8. The van der Waals surface area contributed by atoms with Crippen LogP contribution < -0.4 is 0 Å². The Morgan fingerprint density at radius 2 is 1.70 bits per heavy atom. The summed E-state index contributed by atoms with van der Waals surface area (Å²) in [4.78, 5) is 6.93. The van der Waals surface area contributed by atoms with E-state index in [-0.39, 0.29) is 5.82 Å². The summed E-state index contributed by atoms with van der Waals surface area (Å²) in [5.41, 5.74) is 2.40. The first-order valence-electron chi connectivity index (χ1n) is 10.9. The van der Waals surface area contributed by atoms with Crippen LogP contribution in [0.3, 0.4) is 0 Å². The molecular weight excluding hydrogens is 377 g/mol. The Balaban J connectivity index is 1.31. The van der Waals surface area contributed by atoms with Crippen molar-refractivity contribution in [3.63, 3.8) is 0 Å². The topological polar surface area (TPSA) is 42.2 Å². The highest BCUT2D eigenvalue weighted by molar-refractivity contribution is 5.20. The fraction of sp³-hybridized carbons (Fsp3) is 0.440. The molecule has 3 aromatic rings. The summed E-state index contributed by atoms with van der Waals surface area (Å²) in [6, 6.07) is 17.8. The average molecular weight is 408 g/mol. The molecule has 1 unspecified atom stereocenters. The Bertz CT molecular complexity index is 915. The monoisotopic (exact) mass is 407 g/mol. The lowest BCUT2D eigenvalue weighted by Crippen LogP contribution is -2.30. The minimum Gasteiger partial charge on any atom is -0.339 e. The number of hydrogen-bond acceptors (Lipinski definition) is 4. The number of aromatic nitrogens is 2. The summed E-state index contributed by atoms with van der Waals surface area (Å²) in [7, 11) is 4.37. The number of benzene rings is 2. The molecule has 1 atom stereocenters. The molecule has 4 nitrogen and oxygen atoms in total. The molecule has 0 radical (unpaired) electrons. The zero-order chi connectivity index (χ0) is 20.9. The van der Waals surface area contributed by atoms with Crippen LogP contribution in [0.25, 0.3) is 0 Å². The second-order valence-electron chi connectivity index (χ2n) is 8.71. The molecule has 0 aliphatic heterocycles. The molecule has 0 spiro atoms. The second kappa shape index (κ2) is 9.52. The van der Waals surface area contributed by atoms with Crippen molar-refractivity contribution in [3.8, 4) is 0 Å². The molecule has 0 amide bonds. The van der Waals surface area contributed by atoms with Gasteiger partial charge in [-0.25, -0.2) is 4.39 Å². The largest absolute Gasteiger partial charge is 0.339 e. The van der Waals surface area contributed by atoms with Crippen LogP contribution >= 0.6 is 0 Å². The standard InChI is InChI=1S/C25H30FN3O/c1-29(2)25(20-6-4-3-5-7-20)21-12-8-19(9-13-21)17-24-27-23(28-30-24)16-18-10-14-22(26)15-11-18/h3-7,10-11,14-15,19,21,25H,8-9,12-13,16-17H2,1-2H3. The van der Waals surface area contributed by atoms with E-state index in [2.05, 4.69) is 59.5 Å². The van der Waals surface area contributed by atoms with Gasteiger partial charge in [0.05, 0.1) is 0 Å². The van der Waals surface area contributed by atoms with Gasteiger partial charge in [-0.3, -0.25) is 0 Å². The molecule has 1 saturated carbocycles. The van der Waals surface area contributed by atoms with Gasteiger partial charge in [-0.15, -0.1) is 0 Å². The molecule has 1 aliphatic carbocycles. The molecule has 1 aromatic heterocycles. The number of hydrogen-bond donors (Lipinski definition) is 0. The van der Waals surface area contributed by atoms with E-state index in [4.69, 9.17) is 4.52 Å². The van der Waals surface area contributed by atoms with Crippen molar-refractivity contribution in [2.45, 2.75) is 44.6 Å². The molecule has 1 heterocycles. The highest BCUT2D eigenvalue weighted by atomic mass is 19.1. The maximum absolute atomic E-state index is 13.1. The van der Waals surface area contributed by atoms with E-state index in [9.17, 15) is 4.39 Å². The normalized spacial score (nSPS) is 20.4. The second-order valence-corrected chi connectivity index (χ2v) is 8.71. The molecule has 0 N–H and O–H groups in total. The third-order valence-corrected chi connectivity index (χ3v) is 6.28. The summed E-state index contributed by atoms with van der Waals surface area (Å²) in [5, 5.41) is 4.12. The Morgan fingerprint density at radius 3 is 2.37 bits per heavy atom. The maximum Gasteiger partial charge on any atom is 0.226 e. The van der Waals surface area contributed by atoms with Gasteiger partial charge in [0.15, 0.2) is 5.82 Å². The van der Waals surface area contributed by atoms with Crippen LogP contribution in [0.2, 0.25) is 0 Å². The molecule has 5 heteroatoms. The Kier molecular flexibility index (Phi) is 6.58. The Labute approximate surface area is 178 Å². The van der Waals surface area contributed by atoms with E-state index in [0.29, 0.717) is 30.1 Å². The van der Waals surface area contributed by atoms with Crippen molar-refractivity contribution in [3.05, 3.63) is 83.3 Å². The zero-order valence-electron chi connectivity index (χ0n) is 17.8. The van der Waals surface area contributed by atoms with E-state index in [1.165, 1.54) is 43.4 Å². The fourth-order valence-corrected chi connectivity index (χ4v) is 4.83. The molecule has 1 aliphatic rings. The fourth-order valence-electron chi connectivity index (χ4n) is 4.83. The molecule has 4 rings (SSSR count). The van der Waals surface area contributed by atoms with E-state index in [1.807, 2.05) is 0 Å². The molecule has 158 valence electrons. The number of nitrogens with zero attached hydrogens (tertiary/aromatic N) is 3. The van der Waals surface area contributed by atoms with Crippen LogP contribution in [-0.4, -0.2) is 29.1 Å². The predicted molar refractivity (Wildman–Crippen MR) is 116 cm³/mol. The van der Waals surface area contributed by atoms with Crippen molar-refractivity contribution < 1.29 is 8.91 Å². The van der Waals surface area contributed by atoms with Crippen LogP contribution in [0.15, 0.2) is 59.1 Å². The van der Waals surface area contributed by atoms with Gasteiger partial charge >= 0.3 is 0 Å². The number of rotatable bonds is 7. The molecule has 30 heavy (non-hydrogen) atoms. The Morgan fingerprint density at radius 1 is 1.00 bits per heavy atom. The van der Waals surface area contributed by atoms with Crippen molar-refractivity contribution >= 4 is 0 Å². The molecule has 2 aromatic carbocycles. The van der Waals surface area contributed by atoms with Crippen LogP contribution in [0, 0.1) is 17.7 Å². The van der Waals surface area contributed by atoms with Gasteiger partial charge in [-0.2, -0.15) is 4.98 Å². The van der Waals surface area contributed by atoms with Crippen molar-refractivity contribution in [1.82, 2.24) is 15.0 Å². The van der Waals surface area contributed by atoms with Gasteiger partial charge in [-0.05, 0) is 74.9 Å². The first kappa shape index (κ1) is 20.7. The van der Waals surface area contributed by atoms with Crippen molar-refractivity contribution in [2.75, 3.05) is 14.1 Å². The van der Waals surface area contributed by atoms with Gasteiger partial charge in [0.25, 0.3) is 0 Å². The lowest BCUT2D eigenvalue weighted by atomic mass is 9.75. The Hall–Kier alpha value is -2.53. The van der Waals surface area contributed by atoms with Crippen LogP contribution in [0.1, 0.15) is 54.6 Å². The van der Waals surface area contributed by atoms with Crippen molar-refractivity contribution in [2.24, 2.45) is 11.8 Å². The van der Waals surface area contributed by atoms with Gasteiger partial charge in [0, 0.05) is 18.9 Å². The van der Waals surface area contributed by atoms with E-state index in [1.54, 1.807) is 12.1 Å². The van der Waals surface area contributed by atoms with Gasteiger partial charge in [-0.1, -0.05) is 47.6 Å². The average Bonchev–Trinajstić information content (AvgIpc) is 3.18. The summed E-state index contributed by atoms with van der Waals surface area (Å²) in [6.45, 7) is 0. The van der Waals surface area contributed by atoms with Gasteiger partial charge in [0.2, 0.25) is 5.89 Å².